The molecule has 84 valence electrons. The Morgan fingerprint density at radius 1 is 0.933 bits per heavy atom. The lowest BCUT2D eigenvalue weighted by Crippen LogP contribution is -1.99. The highest BCUT2D eigenvalue weighted by Crippen LogP contribution is 2.34. The Kier molecular flexibility index (Phi) is 4.24. The SMILES string of the molecule is COc1cc(OC)c(OC)cc1CCO. The Labute approximate surface area is 89.4 Å². The van der Waals surface area contributed by atoms with E-state index in [1.54, 1.807) is 27.4 Å². The van der Waals surface area contributed by atoms with Crippen molar-refractivity contribution in [2.75, 3.05) is 27.9 Å². The quantitative estimate of drug-likeness (QED) is 0.798. The second-order valence-electron chi connectivity index (χ2n) is 2.99. The van der Waals surface area contributed by atoms with Gasteiger partial charge in [-0.25, -0.2) is 0 Å². The monoisotopic (exact) mass is 212 g/mol. The zero-order valence-electron chi connectivity index (χ0n) is 9.24. The van der Waals surface area contributed by atoms with Gasteiger partial charge in [-0.1, -0.05) is 0 Å². The Morgan fingerprint density at radius 3 is 1.93 bits per heavy atom. The number of ether oxygens (including phenoxy) is 3. The van der Waals surface area contributed by atoms with E-state index < -0.39 is 0 Å². The molecule has 0 saturated heterocycles. The van der Waals surface area contributed by atoms with Crippen LogP contribution in [0.25, 0.3) is 0 Å². The molecule has 0 radical (unpaired) electrons. The predicted octanol–water partition coefficient (Wildman–Crippen LogP) is 1.25. The molecule has 0 spiro atoms. The lowest BCUT2D eigenvalue weighted by Gasteiger charge is -2.13. The molecule has 15 heavy (non-hydrogen) atoms. The molecule has 0 aliphatic carbocycles. The van der Waals surface area contributed by atoms with Crippen molar-refractivity contribution in [1.29, 1.82) is 0 Å². The first-order valence-electron chi connectivity index (χ1n) is 4.66. The lowest BCUT2D eigenvalue weighted by molar-refractivity contribution is 0.295. The van der Waals surface area contributed by atoms with Gasteiger partial charge < -0.3 is 19.3 Å². The Morgan fingerprint density at radius 2 is 1.47 bits per heavy atom. The number of aliphatic hydroxyl groups is 1. The van der Waals surface area contributed by atoms with Crippen LogP contribution in [0.2, 0.25) is 0 Å². The van der Waals surface area contributed by atoms with Crippen LogP contribution in [-0.4, -0.2) is 33.0 Å². The van der Waals surface area contributed by atoms with Crippen molar-refractivity contribution < 1.29 is 19.3 Å². The number of hydrogen-bond acceptors (Lipinski definition) is 4. The summed E-state index contributed by atoms with van der Waals surface area (Å²) in [5.41, 5.74) is 0.901. The maximum Gasteiger partial charge on any atom is 0.164 e. The summed E-state index contributed by atoms with van der Waals surface area (Å²) < 4.78 is 15.5. The van der Waals surface area contributed by atoms with Crippen molar-refractivity contribution in [1.82, 2.24) is 0 Å². The molecule has 0 bridgehead atoms. The molecule has 4 heteroatoms. The van der Waals surface area contributed by atoms with Gasteiger partial charge in [-0.05, 0) is 12.5 Å². The molecule has 0 aliphatic rings. The third kappa shape index (κ3) is 2.53. The topological polar surface area (TPSA) is 47.9 Å². The summed E-state index contributed by atoms with van der Waals surface area (Å²) in [5, 5.41) is 8.90. The molecule has 0 atom stereocenters. The van der Waals surface area contributed by atoms with Gasteiger partial charge in [-0.3, -0.25) is 0 Å². The van der Waals surface area contributed by atoms with E-state index in [1.165, 1.54) is 0 Å². The third-order valence-corrected chi connectivity index (χ3v) is 2.17. The third-order valence-electron chi connectivity index (χ3n) is 2.17. The average molecular weight is 212 g/mol. The standard InChI is InChI=1S/C11H16O4/c1-13-9-7-11(15-3)10(14-2)6-8(9)4-5-12/h6-7,12H,4-5H2,1-3H3. The van der Waals surface area contributed by atoms with Gasteiger partial charge in [0.25, 0.3) is 0 Å². The van der Waals surface area contributed by atoms with Crippen molar-refractivity contribution in [2.24, 2.45) is 0 Å². The zero-order valence-corrected chi connectivity index (χ0v) is 9.24. The van der Waals surface area contributed by atoms with Gasteiger partial charge in [0.2, 0.25) is 0 Å². The lowest BCUT2D eigenvalue weighted by atomic mass is 10.1. The zero-order chi connectivity index (χ0) is 11.3. The summed E-state index contributed by atoms with van der Waals surface area (Å²) in [6, 6.07) is 3.57. The molecule has 0 fully saturated rings. The normalized spacial score (nSPS) is 9.87. The predicted molar refractivity (Wildman–Crippen MR) is 56.9 cm³/mol. The van der Waals surface area contributed by atoms with E-state index in [4.69, 9.17) is 19.3 Å². The van der Waals surface area contributed by atoms with Gasteiger partial charge in [0, 0.05) is 18.2 Å². The fourth-order valence-corrected chi connectivity index (χ4v) is 1.41. The van der Waals surface area contributed by atoms with E-state index in [1.807, 2.05) is 6.07 Å². The number of hydrogen-bond donors (Lipinski definition) is 1. The molecule has 0 unspecified atom stereocenters. The van der Waals surface area contributed by atoms with E-state index in [-0.39, 0.29) is 6.61 Å². The Balaban J connectivity index is 3.15. The highest BCUT2D eigenvalue weighted by molar-refractivity contribution is 5.50. The maximum absolute atomic E-state index is 8.90. The van der Waals surface area contributed by atoms with Crippen molar-refractivity contribution in [3.8, 4) is 17.2 Å². The second kappa shape index (κ2) is 5.46. The van der Waals surface area contributed by atoms with Gasteiger partial charge in [0.1, 0.15) is 5.75 Å². The highest BCUT2D eigenvalue weighted by Gasteiger charge is 2.10. The van der Waals surface area contributed by atoms with Gasteiger partial charge in [-0.2, -0.15) is 0 Å². The van der Waals surface area contributed by atoms with E-state index >= 15 is 0 Å². The number of methoxy groups -OCH3 is 3. The second-order valence-corrected chi connectivity index (χ2v) is 2.99. The fourth-order valence-electron chi connectivity index (χ4n) is 1.41. The van der Waals surface area contributed by atoms with E-state index in [0.29, 0.717) is 23.7 Å². The molecular formula is C11H16O4. The first-order chi connectivity index (χ1) is 7.26. The molecule has 0 aliphatic heterocycles. The summed E-state index contributed by atoms with van der Waals surface area (Å²) in [6.45, 7) is 0.0752. The minimum atomic E-state index is 0.0752. The highest BCUT2D eigenvalue weighted by atomic mass is 16.5. The van der Waals surface area contributed by atoms with Gasteiger partial charge in [-0.15, -0.1) is 0 Å². The van der Waals surface area contributed by atoms with Gasteiger partial charge >= 0.3 is 0 Å². The summed E-state index contributed by atoms with van der Waals surface area (Å²) in [7, 11) is 4.73. The minimum Gasteiger partial charge on any atom is -0.496 e. The molecule has 0 amide bonds. The summed E-state index contributed by atoms with van der Waals surface area (Å²) in [4.78, 5) is 0. The number of rotatable bonds is 5. The van der Waals surface area contributed by atoms with Gasteiger partial charge in [0.15, 0.2) is 11.5 Å². The van der Waals surface area contributed by atoms with Crippen LogP contribution in [0.3, 0.4) is 0 Å². The molecule has 1 aromatic carbocycles. The van der Waals surface area contributed by atoms with Crippen LogP contribution in [0, 0.1) is 0 Å². The largest absolute Gasteiger partial charge is 0.496 e. The van der Waals surface area contributed by atoms with Crippen LogP contribution in [0.1, 0.15) is 5.56 Å². The number of benzene rings is 1. The Bertz CT molecular complexity index is 323. The molecule has 1 N–H and O–H groups in total. The van der Waals surface area contributed by atoms with Crippen LogP contribution in [0.5, 0.6) is 17.2 Å². The van der Waals surface area contributed by atoms with Crippen molar-refractivity contribution in [3.05, 3.63) is 17.7 Å². The molecule has 0 aromatic heterocycles. The van der Waals surface area contributed by atoms with E-state index in [0.717, 1.165) is 5.56 Å². The fraction of sp³-hybridized carbons (Fsp3) is 0.455. The minimum absolute atomic E-state index is 0.0752. The van der Waals surface area contributed by atoms with Crippen LogP contribution < -0.4 is 14.2 Å². The molecular weight excluding hydrogens is 196 g/mol. The smallest absolute Gasteiger partial charge is 0.164 e. The van der Waals surface area contributed by atoms with Crippen LogP contribution >= 0.6 is 0 Å². The van der Waals surface area contributed by atoms with Crippen LogP contribution in [-0.2, 0) is 6.42 Å². The summed E-state index contributed by atoms with van der Waals surface area (Å²) >= 11 is 0. The maximum atomic E-state index is 8.90. The van der Waals surface area contributed by atoms with Gasteiger partial charge in [0.05, 0.1) is 21.3 Å². The molecule has 1 aromatic rings. The molecule has 0 saturated carbocycles. The summed E-state index contributed by atoms with van der Waals surface area (Å²) in [6.07, 6.45) is 0.531. The Hall–Kier alpha value is -1.42. The van der Waals surface area contributed by atoms with Crippen molar-refractivity contribution >= 4 is 0 Å². The number of aliphatic hydroxyl groups excluding tert-OH is 1. The van der Waals surface area contributed by atoms with E-state index in [9.17, 15) is 0 Å². The van der Waals surface area contributed by atoms with Crippen LogP contribution in [0.15, 0.2) is 12.1 Å². The van der Waals surface area contributed by atoms with Crippen molar-refractivity contribution in [2.45, 2.75) is 6.42 Å². The molecule has 0 heterocycles. The van der Waals surface area contributed by atoms with Crippen LogP contribution in [0.4, 0.5) is 0 Å². The average Bonchev–Trinajstić information content (AvgIpc) is 2.28. The first kappa shape index (κ1) is 11.7. The first-order valence-corrected chi connectivity index (χ1v) is 4.66. The molecule has 4 nitrogen and oxygen atoms in total. The molecule has 1 rings (SSSR count). The van der Waals surface area contributed by atoms with Crippen molar-refractivity contribution in [3.63, 3.8) is 0 Å². The summed E-state index contributed by atoms with van der Waals surface area (Å²) in [5.74, 6) is 1.96. The van der Waals surface area contributed by atoms with E-state index in [2.05, 4.69) is 0 Å².